The van der Waals surface area contributed by atoms with Crippen LogP contribution in [0.3, 0.4) is 0 Å². The van der Waals surface area contributed by atoms with E-state index < -0.39 is 10.0 Å². The van der Waals surface area contributed by atoms with E-state index in [0.29, 0.717) is 24.0 Å². The van der Waals surface area contributed by atoms with E-state index in [1.807, 2.05) is 11.8 Å². The van der Waals surface area contributed by atoms with E-state index in [-0.39, 0.29) is 4.90 Å². The van der Waals surface area contributed by atoms with Gasteiger partial charge < -0.3 is 5.73 Å². The quantitative estimate of drug-likeness (QED) is 0.866. The van der Waals surface area contributed by atoms with Crippen LogP contribution in [0.25, 0.3) is 0 Å². The second-order valence-electron chi connectivity index (χ2n) is 4.86. The van der Waals surface area contributed by atoms with E-state index in [4.69, 9.17) is 17.3 Å². The number of nitrogens with two attached hydrogens (primary N) is 1. The van der Waals surface area contributed by atoms with Crippen LogP contribution in [0.15, 0.2) is 23.1 Å². The summed E-state index contributed by atoms with van der Waals surface area (Å²) in [4.78, 5) is 0.199. The van der Waals surface area contributed by atoms with Gasteiger partial charge >= 0.3 is 0 Å². The monoisotopic (exact) mass is 334 g/mol. The van der Waals surface area contributed by atoms with Crippen LogP contribution in [-0.4, -0.2) is 26.5 Å². The van der Waals surface area contributed by atoms with Crippen molar-refractivity contribution in [1.82, 2.24) is 4.72 Å². The zero-order valence-electron chi connectivity index (χ0n) is 11.1. The molecule has 0 saturated carbocycles. The predicted octanol–water partition coefficient (Wildman–Crippen LogP) is 2.22. The zero-order valence-corrected chi connectivity index (χ0v) is 13.5. The molecule has 1 fully saturated rings. The Balaban J connectivity index is 2.04. The van der Waals surface area contributed by atoms with Crippen LogP contribution < -0.4 is 10.5 Å². The highest BCUT2D eigenvalue weighted by Gasteiger charge is 2.19. The molecule has 4 nitrogen and oxygen atoms in total. The maximum absolute atomic E-state index is 12.2. The van der Waals surface area contributed by atoms with Gasteiger partial charge in [0, 0.05) is 18.1 Å². The predicted molar refractivity (Wildman–Crippen MR) is 84.6 cm³/mol. The van der Waals surface area contributed by atoms with Crippen molar-refractivity contribution in [2.24, 2.45) is 11.7 Å². The lowest BCUT2D eigenvalue weighted by atomic mass is 10.0. The summed E-state index contributed by atoms with van der Waals surface area (Å²) in [5.41, 5.74) is 6.26. The molecular weight excluding hydrogens is 316 g/mol. The summed E-state index contributed by atoms with van der Waals surface area (Å²) in [5, 5.41) is 0.393. The average molecular weight is 335 g/mol. The standard InChI is InChI=1S/C13H19ClN2O2S2/c14-13-7-12(2-1-11(13)8-15)20(17,18)16-9-10-3-5-19-6-4-10/h1-2,7,10,16H,3-6,8-9,15H2. The molecule has 3 N–H and O–H groups in total. The largest absolute Gasteiger partial charge is 0.326 e. The van der Waals surface area contributed by atoms with Gasteiger partial charge in [0.25, 0.3) is 0 Å². The average Bonchev–Trinajstić information content (AvgIpc) is 2.46. The van der Waals surface area contributed by atoms with E-state index in [1.54, 1.807) is 12.1 Å². The van der Waals surface area contributed by atoms with Gasteiger partial charge in [-0.05, 0) is 48.0 Å². The molecular formula is C13H19ClN2O2S2. The van der Waals surface area contributed by atoms with Crippen molar-refractivity contribution in [1.29, 1.82) is 0 Å². The van der Waals surface area contributed by atoms with Crippen LogP contribution in [0.5, 0.6) is 0 Å². The molecule has 0 radical (unpaired) electrons. The SMILES string of the molecule is NCc1ccc(S(=O)(=O)NCC2CCSCC2)cc1Cl. The number of hydrogen-bond acceptors (Lipinski definition) is 4. The van der Waals surface area contributed by atoms with Crippen molar-refractivity contribution in [2.45, 2.75) is 24.3 Å². The van der Waals surface area contributed by atoms with Gasteiger partial charge in [-0.3, -0.25) is 0 Å². The maximum Gasteiger partial charge on any atom is 0.240 e. The van der Waals surface area contributed by atoms with E-state index in [1.165, 1.54) is 6.07 Å². The van der Waals surface area contributed by atoms with Crippen LogP contribution >= 0.6 is 23.4 Å². The molecule has 0 spiro atoms. The number of nitrogens with one attached hydrogen (secondary N) is 1. The summed E-state index contributed by atoms with van der Waals surface area (Å²) in [6.07, 6.45) is 2.14. The third kappa shape index (κ3) is 4.11. The lowest BCUT2D eigenvalue weighted by Crippen LogP contribution is -2.31. The Morgan fingerprint density at radius 3 is 2.65 bits per heavy atom. The number of benzene rings is 1. The number of thioether (sulfide) groups is 1. The number of rotatable bonds is 5. The molecule has 0 aliphatic carbocycles. The van der Waals surface area contributed by atoms with E-state index in [2.05, 4.69) is 4.72 Å². The van der Waals surface area contributed by atoms with Gasteiger partial charge in [-0.15, -0.1) is 0 Å². The molecule has 0 bridgehead atoms. The van der Waals surface area contributed by atoms with Gasteiger partial charge in [-0.25, -0.2) is 13.1 Å². The lowest BCUT2D eigenvalue weighted by molar-refractivity contribution is 0.476. The molecule has 2 rings (SSSR count). The molecule has 7 heteroatoms. The first-order valence-electron chi connectivity index (χ1n) is 6.59. The van der Waals surface area contributed by atoms with Gasteiger partial charge in [0.05, 0.1) is 4.90 Å². The topological polar surface area (TPSA) is 72.2 Å². The third-order valence-electron chi connectivity index (χ3n) is 3.46. The van der Waals surface area contributed by atoms with Crippen molar-refractivity contribution in [3.05, 3.63) is 28.8 Å². The molecule has 1 aliphatic heterocycles. The highest BCUT2D eigenvalue weighted by Crippen LogP contribution is 2.23. The number of hydrogen-bond donors (Lipinski definition) is 2. The minimum absolute atomic E-state index is 0.199. The van der Waals surface area contributed by atoms with Gasteiger partial charge in [-0.1, -0.05) is 17.7 Å². The molecule has 0 unspecified atom stereocenters. The molecule has 1 heterocycles. The van der Waals surface area contributed by atoms with Crippen molar-refractivity contribution in [3.8, 4) is 0 Å². The van der Waals surface area contributed by atoms with Gasteiger partial charge in [0.15, 0.2) is 0 Å². The summed E-state index contributed by atoms with van der Waals surface area (Å²) in [6.45, 7) is 0.797. The van der Waals surface area contributed by atoms with Crippen molar-refractivity contribution < 1.29 is 8.42 Å². The Kier molecular flexibility index (Phi) is 5.74. The number of sulfonamides is 1. The maximum atomic E-state index is 12.2. The van der Waals surface area contributed by atoms with Gasteiger partial charge in [0.1, 0.15) is 0 Å². The first-order valence-corrected chi connectivity index (χ1v) is 9.60. The summed E-state index contributed by atoms with van der Waals surface area (Å²) >= 11 is 7.94. The molecule has 1 aromatic carbocycles. The lowest BCUT2D eigenvalue weighted by Gasteiger charge is -2.21. The minimum atomic E-state index is -3.49. The zero-order chi connectivity index (χ0) is 14.6. The molecule has 1 aliphatic rings. The molecule has 0 amide bonds. The van der Waals surface area contributed by atoms with Crippen molar-refractivity contribution >= 4 is 33.4 Å². The fourth-order valence-corrected chi connectivity index (χ4v) is 4.79. The van der Waals surface area contributed by atoms with Crippen LogP contribution in [0.2, 0.25) is 5.02 Å². The number of halogens is 1. The molecule has 112 valence electrons. The Labute approximate surface area is 129 Å². The minimum Gasteiger partial charge on any atom is -0.326 e. The summed E-state index contributed by atoms with van der Waals surface area (Å²) in [5.74, 6) is 2.66. The Morgan fingerprint density at radius 1 is 1.35 bits per heavy atom. The van der Waals surface area contributed by atoms with E-state index in [0.717, 1.165) is 29.9 Å². The Hall–Kier alpha value is -0.270. The first kappa shape index (κ1) is 16.1. The smallest absolute Gasteiger partial charge is 0.240 e. The van der Waals surface area contributed by atoms with Gasteiger partial charge in [-0.2, -0.15) is 11.8 Å². The molecule has 1 aromatic rings. The first-order chi connectivity index (χ1) is 9.53. The van der Waals surface area contributed by atoms with Gasteiger partial charge in [0.2, 0.25) is 10.0 Å². The van der Waals surface area contributed by atoms with Crippen LogP contribution in [0, 0.1) is 5.92 Å². The second kappa shape index (κ2) is 7.13. The Bertz CT molecular complexity index is 557. The normalized spacial score (nSPS) is 17.3. The molecule has 1 saturated heterocycles. The van der Waals surface area contributed by atoms with Crippen LogP contribution in [0.4, 0.5) is 0 Å². The van der Waals surface area contributed by atoms with E-state index >= 15 is 0 Å². The second-order valence-corrected chi connectivity index (χ2v) is 8.26. The molecule has 0 aromatic heterocycles. The Morgan fingerprint density at radius 2 is 2.05 bits per heavy atom. The van der Waals surface area contributed by atoms with E-state index in [9.17, 15) is 8.42 Å². The summed E-state index contributed by atoms with van der Waals surface area (Å²) in [7, 11) is -3.49. The molecule has 0 atom stereocenters. The fraction of sp³-hybridized carbons (Fsp3) is 0.538. The van der Waals surface area contributed by atoms with Crippen LogP contribution in [-0.2, 0) is 16.6 Å². The molecule has 20 heavy (non-hydrogen) atoms. The summed E-state index contributed by atoms with van der Waals surface area (Å²) in [6, 6.07) is 4.67. The summed E-state index contributed by atoms with van der Waals surface area (Å²) < 4.78 is 27.1. The van der Waals surface area contributed by atoms with Crippen LogP contribution in [0.1, 0.15) is 18.4 Å². The third-order valence-corrected chi connectivity index (χ3v) is 6.28. The van der Waals surface area contributed by atoms with Crippen molar-refractivity contribution in [3.63, 3.8) is 0 Å². The van der Waals surface area contributed by atoms with Crippen molar-refractivity contribution in [2.75, 3.05) is 18.1 Å². The highest BCUT2D eigenvalue weighted by molar-refractivity contribution is 7.99. The highest BCUT2D eigenvalue weighted by atomic mass is 35.5. The fourth-order valence-electron chi connectivity index (χ4n) is 2.12.